The van der Waals surface area contributed by atoms with Gasteiger partial charge in [0, 0.05) is 0 Å². The van der Waals surface area contributed by atoms with Crippen molar-refractivity contribution < 1.29 is 26.9 Å². The zero-order chi connectivity index (χ0) is 17.7. The Morgan fingerprint density at radius 2 is 1.96 bits per heavy atom. The maximum absolute atomic E-state index is 11.6. The normalized spacial score (nSPS) is 11.6. The third-order valence-corrected chi connectivity index (χ3v) is 3.53. The second-order valence-corrected chi connectivity index (χ2v) is 6.39. The van der Waals surface area contributed by atoms with Gasteiger partial charge in [0.25, 0.3) is 5.91 Å². The van der Waals surface area contributed by atoms with E-state index >= 15 is 0 Å². The Morgan fingerprint density at radius 1 is 1.29 bits per heavy atom. The van der Waals surface area contributed by atoms with Crippen LogP contribution in [0, 0.1) is 13.8 Å². The summed E-state index contributed by atoms with van der Waals surface area (Å²) in [6.45, 7) is 3.62. The molecule has 0 aliphatic rings. The summed E-state index contributed by atoms with van der Waals surface area (Å²) in [5, 5.41) is 3.01. The van der Waals surface area contributed by atoms with Gasteiger partial charge in [-0.1, -0.05) is 6.07 Å². The molecular formula is C15H16N2O6S. The second kappa shape index (κ2) is 7.28. The van der Waals surface area contributed by atoms with E-state index in [1.165, 1.54) is 6.07 Å². The summed E-state index contributed by atoms with van der Waals surface area (Å²) in [7, 11) is -4.41. The van der Waals surface area contributed by atoms with Gasteiger partial charge < -0.3 is 9.15 Å². The Hall–Kier alpha value is -2.65. The highest BCUT2D eigenvalue weighted by Gasteiger charge is 2.14. The van der Waals surface area contributed by atoms with Gasteiger partial charge in [0.2, 0.25) is 5.09 Å². The van der Waals surface area contributed by atoms with Gasteiger partial charge in [0.15, 0.2) is 6.61 Å². The van der Waals surface area contributed by atoms with Gasteiger partial charge in [-0.25, -0.2) is 5.43 Å². The van der Waals surface area contributed by atoms with E-state index in [2.05, 4.69) is 10.5 Å². The maximum Gasteiger partial charge on any atom is 0.328 e. The number of hydrazone groups is 1. The molecule has 0 fully saturated rings. The maximum atomic E-state index is 11.6. The van der Waals surface area contributed by atoms with Crippen molar-refractivity contribution in [2.75, 3.05) is 6.61 Å². The van der Waals surface area contributed by atoms with E-state index in [-0.39, 0.29) is 12.4 Å². The van der Waals surface area contributed by atoms with Crippen molar-refractivity contribution in [2.45, 2.75) is 18.9 Å². The van der Waals surface area contributed by atoms with Crippen LogP contribution in [0.25, 0.3) is 0 Å². The SMILES string of the molecule is Cc1cc(C)cc(OCC(=O)NN=Cc2ccc(S(=O)(=O)O)o2)c1. The summed E-state index contributed by atoms with van der Waals surface area (Å²) >= 11 is 0. The van der Waals surface area contributed by atoms with Gasteiger partial charge in [-0.05, 0) is 49.2 Å². The van der Waals surface area contributed by atoms with E-state index in [0.29, 0.717) is 5.75 Å². The van der Waals surface area contributed by atoms with Crippen LogP contribution in [0.3, 0.4) is 0 Å². The Morgan fingerprint density at radius 3 is 2.54 bits per heavy atom. The molecular weight excluding hydrogens is 336 g/mol. The molecule has 0 atom stereocenters. The number of aryl methyl sites for hydroxylation is 2. The first-order chi connectivity index (χ1) is 11.2. The van der Waals surface area contributed by atoms with Crippen LogP contribution in [0.15, 0.2) is 44.9 Å². The highest BCUT2D eigenvalue weighted by Crippen LogP contribution is 2.16. The Kier molecular flexibility index (Phi) is 5.37. The fraction of sp³-hybridized carbons (Fsp3) is 0.200. The number of amides is 1. The molecule has 1 amide bonds. The summed E-state index contributed by atoms with van der Waals surface area (Å²) < 4.78 is 40.6. The monoisotopic (exact) mass is 352 g/mol. The van der Waals surface area contributed by atoms with Gasteiger partial charge in [-0.2, -0.15) is 13.5 Å². The molecule has 24 heavy (non-hydrogen) atoms. The number of ether oxygens (including phenoxy) is 1. The first kappa shape index (κ1) is 17.7. The minimum Gasteiger partial charge on any atom is -0.484 e. The Bertz CT molecular complexity index is 850. The fourth-order valence-corrected chi connectivity index (χ4v) is 2.35. The zero-order valence-corrected chi connectivity index (χ0v) is 13.8. The number of carbonyl (C=O) groups excluding carboxylic acids is 1. The van der Waals surface area contributed by atoms with Crippen LogP contribution >= 0.6 is 0 Å². The summed E-state index contributed by atoms with van der Waals surface area (Å²) in [5.41, 5.74) is 4.26. The zero-order valence-electron chi connectivity index (χ0n) is 13.0. The van der Waals surface area contributed by atoms with Gasteiger partial charge >= 0.3 is 10.1 Å². The number of benzene rings is 1. The van der Waals surface area contributed by atoms with E-state index in [4.69, 9.17) is 13.7 Å². The molecule has 0 unspecified atom stereocenters. The quantitative estimate of drug-likeness (QED) is 0.464. The molecule has 0 aliphatic heterocycles. The molecule has 1 aromatic heterocycles. The molecule has 1 aromatic carbocycles. The van der Waals surface area contributed by atoms with E-state index in [1.807, 2.05) is 32.0 Å². The lowest BCUT2D eigenvalue weighted by atomic mass is 10.1. The molecule has 0 bridgehead atoms. The van der Waals surface area contributed by atoms with Crippen molar-refractivity contribution >= 4 is 22.2 Å². The molecule has 1 heterocycles. The molecule has 9 heteroatoms. The Balaban J connectivity index is 1.85. The number of nitrogens with zero attached hydrogens (tertiary/aromatic N) is 1. The van der Waals surface area contributed by atoms with E-state index < -0.39 is 21.1 Å². The largest absolute Gasteiger partial charge is 0.484 e. The van der Waals surface area contributed by atoms with Crippen molar-refractivity contribution in [3.63, 3.8) is 0 Å². The molecule has 0 spiro atoms. The number of hydrogen-bond donors (Lipinski definition) is 2. The standard InChI is InChI=1S/C15H16N2O6S/c1-10-5-11(2)7-13(6-10)22-9-14(18)17-16-8-12-3-4-15(23-12)24(19,20)21/h3-8H,9H2,1-2H3,(H,17,18)(H,19,20,21). The third-order valence-electron chi connectivity index (χ3n) is 2.80. The molecule has 0 aliphatic carbocycles. The number of hydrogen-bond acceptors (Lipinski definition) is 6. The molecule has 0 radical (unpaired) electrons. The Labute approximate surface area is 138 Å². The van der Waals surface area contributed by atoms with Crippen LogP contribution in [-0.4, -0.2) is 31.7 Å². The summed E-state index contributed by atoms with van der Waals surface area (Å²) in [6.07, 6.45) is 1.10. The van der Waals surface area contributed by atoms with Gasteiger partial charge in [-0.15, -0.1) is 0 Å². The molecule has 128 valence electrons. The first-order valence-electron chi connectivity index (χ1n) is 6.84. The van der Waals surface area contributed by atoms with E-state index in [9.17, 15) is 13.2 Å². The number of carbonyl (C=O) groups is 1. The molecule has 0 saturated heterocycles. The minimum absolute atomic E-state index is 0.0538. The number of nitrogens with one attached hydrogen (secondary N) is 1. The predicted molar refractivity (Wildman–Crippen MR) is 85.7 cm³/mol. The van der Waals surface area contributed by atoms with Gasteiger partial charge in [0.1, 0.15) is 11.5 Å². The second-order valence-electron chi connectivity index (χ2n) is 5.04. The number of rotatable bonds is 6. The van der Waals surface area contributed by atoms with Crippen LogP contribution in [0.2, 0.25) is 0 Å². The fourth-order valence-electron chi connectivity index (χ4n) is 1.91. The van der Waals surface area contributed by atoms with Crippen LogP contribution in [0.5, 0.6) is 5.75 Å². The summed E-state index contributed by atoms with van der Waals surface area (Å²) in [4.78, 5) is 11.6. The lowest BCUT2D eigenvalue weighted by molar-refractivity contribution is -0.123. The average Bonchev–Trinajstić information content (AvgIpc) is 2.93. The molecule has 2 N–H and O–H groups in total. The van der Waals surface area contributed by atoms with Crippen LogP contribution < -0.4 is 10.2 Å². The lowest BCUT2D eigenvalue weighted by Crippen LogP contribution is -2.24. The molecule has 0 saturated carbocycles. The predicted octanol–water partition coefficient (Wildman–Crippen LogP) is 1.67. The lowest BCUT2D eigenvalue weighted by Gasteiger charge is -2.07. The summed E-state index contributed by atoms with van der Waals surface area (Å²) in [5.74, 6) is 0.139. The van der Waals surface area contributed by atoms with Crippen LogP contribution in [0.1, 0.15) is 16.9 Å². The number of furan rings is 1. The van der Waals surface area contributed by atoms with Gasteiger partial charge in [-0.3, -0.25) is 9.35 Å². The van der Waals surface area contributed by atoms with Crippen molar-refractivity contribution in [3.05, 3.63) is 47.2 Å². The minimum atomic E-state index is -4.41. The first-order valence-corrected chi connectivity index (χ1v) is 8.28. The molecule has 2 rings (SSSR count). The summed E-state index contributed by atoms with van der Waals surface area (Å²) in [6, 6.07) is 7.96. The smallest absolute Gasteiger partial charge is 0.328 e. The average molecular weight is 352 g/mol. The van der Waals surface area contributed by atoms with Crippen LogP contribution in [0.4, 0.5) is 0 Å². The topological polar surface area (TPSA) is 118 Å². The van der Waals surface area contributed by atoms with Crippen molar-refractivity contribution in [1.82, 2.24) is 5.43 Å². The van der Waals surface area contributed by atoms with E-state index in [1.54, 1.807) is 0 Å². The highest BCUT2D eigenvalue weighted by molar-refractivity contribution is 7.85. The molecule has 2 aromatic rings. The van der Waals surface area contributed by atoms with Crippen molar-refractivity contribution in [1.29, 1.82) is 0 Å². The van der Waals surface area contributed by atoms with Gasteiger partial charge in [0.05, 0.1) is 6.21 Å². The molecule has 8 nitrogen and oxygen atoms in total. The van der Waals surface area contributed by atoms with E-state index in [0.717, 1.165) is 23.4 Å². The van der Waals surface area contributed by atoms with Crippen molar-refractivity contribution in [2.24, 2.45) is 5.10 Å². The van der Waals surface area contributed by atoms with Crippen molar-refractivity contribution in [3.8, 4) is 5.75 Å². The highest BCUT2D eigenvalue weighted by atomic mass is 32.2. The third kappa shape index (κ3) is 5.21. The van der Waals surface area contributed by atoms with Crippen LogP contribution in [-0.2, 0) is 14.9 Å².